The third kappa shape index (κ3) is 4.63. The first-order valence-electron chi connectivity index (χ1n) is 7.34. The molecule has 0 radical (unpaired) electrons. The van der Waals surface area contributed by atoms with Gasteiger partial charge in [-0.3, -0.25) is 9.59 Å². The second-order valence-electron chi connectivity index (χ2n) is 6.05. The summed E-state index contributed by atoms with van der Waals surface area (Å²) in [5.41, 5.74) is 0. The van der Waals surface area contributed by atoms with Crippen LogP contribution in [0, 0.1) is 11.8 Å². The largest absolute Gasteiger partial charge is 0.354 e. The summed E-state index contributed by atoms with van der Waals surface area (Å²) in [5, 5.41) is 6.22. The third-order valence-corrected chi connectivity index (χ3v) is 3.99. The molecule has 0 aliphatic carbocycles. The molecular formula is C14H26ClN3O2. The van der Waals surface area contributed by atoms with E-state index >= 15 is 0 Å². The number of carbonyl (C=O) groups excluding carboxylic acids is 2. The molecule has 2 amide bonds. The quantitative estimate of drug-likeness (QED) is 0.789. The van der Waals surface area contributed by atoms with Gasteiger partial charge < -0.3 is 15.5 Å². The summed E-state index contributed by atoms with van der Waals surface area (Å²) in [6.45, 7) is 7.78. The lowest BCUT2D eigenvalue weighted by atomic mass is 10.0. The summed E-state index contributed by atoms with van der Waals surface area (Å²) < 4.78 is 0. The topological polar surface area (TPSA) is 61.4 Å². The maximum absolute atomic E-state index is 12.1. The normalized spacial score (nSPS) is 24.4. The summed E-state index contributed by atoms with van der Waals surface area (Å²) in [7, 11) is 0. The fourth-order valence-electron chi connectivity index (χ4n) is 3.01. The predicted molar refractivity (Wildman–Crippen MR) is 80.8 cm³/mol. The van der Waals surface area contributed by atoms with Gasteiger partial charge in [0, 0.05) is 45.1 Å². The van der Waals surface area contributed by atoms with Gasteiger partial charge in [-0.15, -0.1) is 12.4 Å². The Morgan fingerprint density at radius 2 is 1.80 bits per heavy atom. The van der Waals surface area contributed by atoms with Gasteiger partial charge in [0.2, 0.25) is 11.8 Å². The van der Waals surface area contributed by atoms with Crippen molar-refractivity contribution in [2.24, 2.45) is 11.8 Å². The van der Waals surface area contributed by atoms with Crippen LogP contribution in [-0.2, 0) is 9.59 Å². The minimum absolute atomic E-state index is 0. The number of likely N-dealkylation sites (tertiary alicyclic amines) is 1. The molecular weight excluding hydrogens is 278 g/mol. The molecule has 0 spiro atoms. The summed E-state index contributed by atoms with van der Waals surface area (Å²) >= 11 is 0. The second-order valence-corrected chi connectivity index (χ2v) is 6.05. The first-order valence-corrected chi connectivity index (χ1v) is 7.34. The Kier molecular flexibility index (Phi) is 6.76. The molecule has 0 aromatic carbocycles. The number of hydrogen-bond donors (Lipinski definition) is 2. The lowest BCUT2D eigenvalue weighted by Crippen LogP contribution is -2.32. The smallest absolute Gasteiger partial charge is 0.222 e. The van der Waals surface area contributed by atoms with Crippen LogP contribution in [0.2, 0.25) is 0 Å². The number of amides is 2. The Bertz CT molecular complexity index is 337. The van der Waals surface area contributed by atoms with Crippen molar-refractivity contribution in [3.63, 3.8) is 0 Å². The van der Waals surface area contributed by atoms with Crippen molar-refractivity contribution >= 4 is 24.2 Å². The summed E-state index contributed by atoms with van der Waals surface area (Å²) in [6, 6.07) is 0.175. The van der Waals surface area contributed by atoms with E-state index < -0.39 is 0 Å². The number of hydrogen-bond acceptors (Lipinski definition) is 3. The summed E-state index contributed by atoms with van der Waals surface area (Å²) in [5.74, 6) is 1.55. The fraction of sp³-hybridized carbons (Fsp3) is 0.857. The number of rotatable bonds is 5. The lowest BCUT2D eigenvalue weighted by molar-refractivity contribution is -0.130. The maximum atomic E-state index is 12.1. The van der Waals surface area contributed by atoms with Crippen LogP contribution in [0.3, 0.4) is 0 Å². The lowest BCUT2D eigenvalue weighted by Gasteiger charge is -2.17. The average molecular weight is 304 g/mol. The molecule has 20 heavy (non-hydrogen) atoms. The molecule has 6 heteroatoms. The van der Waals surface area contributed by atoms with E-state index in [1.165, 1.54) is 0 Å². The number of carbonyl (C=O) groups is 2. The van der Waals surface area contributed by atoms with Crippen LogP contribution in [-0.4, -0.2) is 48.9 Å². The van der Waals surface area contributed by atoms with Crippen molar-refractivity contribution in [1.82, 2.24) is 15.5 Å². The Hall–Kier alpha value is -0.810. The first kappa shape index (κ1) is 17.2. The van der Waals surface area contributed by atoms with E-state index in [2.05, 4.69) is 10.6 Å². The second kappa shape index (κ2) is 7.84. The maximum Gasteiger partial charge on any atom is 0.222 e. The van der Waals surface area contributed by atoms with Gasteiger partial charge in [-0.1, -0.05) is 0 Å². The van der Waals surface area contributed by atoms with Crippen LogP contribution < -0.4 is 10.6 Å². The van der Waals surface area contributed by atoms with E-state index in [-0.39, 0.29) is 30.3 Å². The summed E-state index contributed by atoms with van der Waals surface area (Å²) in [4.78, 5) is 25.5. The standard InChI is InChI=1S/C14H25N3O2.ClH/c1-10(2)16-13(18)4-3-5-14(19)17-8-11-6-15-7-12(11)9-17;/h10-12,15H,3-9H2,1-2H3,(H,16,18);1H/t11-,12+;. The number of nitrogens with one attached hydrogen (secondary N) is 2. The van der Waals surface area contributed by atoms with Crippen molar-refractivity contribution in [3.8, 4) is 0 Å². The highest BCUT2D eigenvalue weighted by atomic mass is 35.5. The molecule has 2 saturated heterocycles. The van der Waals surface area contributed by atoms with Gasteiger partial charge in [0.1, 0.15) is 0 Å². The fourth-order valence-corrected chi connectivity index (χ4v) is 3.01. The molecule has 0 aromatic rings. The zero-order valence-corrected chi connectivity index (χ0v) is 13.2. The predicted octanol–water partition coefficient (Wildman–Crippen LogP) is 0.781. The van der Waals surface area contributed by atoms with Gasteiger partial charge in [-0.05, 0) is 32.1 Å². The van der Waals surface area contributed by atoms with Crippen LogP contribution in [0.5, 0.6) is 0 Å². The van der Waals surface area contributed by atoms with E-state index in [4.69, 9.17) is 0 Å². The molecule has 0 aromatic heterocycles. The van der Waals surface area contributed by atoms with E-state index in [9.17, 15) is 9.59 Å². The van der Waals surface area contributed by atoms with Gasteiger partial charge in [-0.2, -0.15) is 0 Å². The van der Waals surface area contributed by atoms with Gasteiger partial charge in [0.15, 0.2) is 0 Å². The van der Waals surface area contributed by atoms with Crippen molar-refractivity contribution < 1.29 is 9.59 Å². The highest BCUT2D eigenvalue weighted by Gasteiger charge is 2.37. The van der Waals surface area contributed by atoms with E-state index in [1.807, 2.05) is 18.7 Å². The molecule has 2 rings (SSSR count). The van der Waals surface area contributed by atoms with Gasteiger partial charge >= 0.3 is 0 Å². The average Bonchev–Trinajstić information content (AvgIpc) is 2.87. The Morgan fingerprint density at radius 1 is 1.20 bits per heavy atom. The summed E-state index contributed by atoms with van der Waals surface area (Å²) in [6.07, 6.45) is 1.60. The van der Waals surface area contributed by atoms with Crippen LogP contribution in [0.1, 0.15) is 33.1 Å². The number of halogens is 1. The van der Waals surface area contributed by atoms with Crippen LogP contribution in [0.15, 0.2) is 0 Å². The molecule has 0 bridgehead atoms. The Labute approximate surface area is 127 Å². The highest BCUT2D eigenvalue weighted by molar-refractivity contribution is 5.85. The van der Waals surface area contributed by atoms with E-state index in [0.29, 0.717) is 31.1 Å². The molecule has 2 N–H and O–H groups in total. The molecule has 116 valence electrons. The van der Waals surface area contributed by atoms with Crippen molar-refractivity contribution in [2.45, 2.75) is 39.2 Å². The van der Waals surface area contributed by atoms with Gasteiger partial charge in [0.25, 0.3) is 0 Å². The van der Waals surface area contributed by atoms with Crippen molar-refractivity contribution in [3.05, 3.63) is 0 Å². The highest BCUT2D eigenvalue weighted by Crippen LogP contribution is 2.26. The van der Waals surface area contributed by atoms with Crippen LogP contribution >= 0.6 is 12.4 Å². The molecule has 2 aliphatic rings. The number of nitrogens with zero attached hydrogens (tertiary/aromatic N) is 1. The third-order valence-electron chi connectivity index (χ3n) is 3.99. The molecule has 0 saturated carbocycles. The first-order chi connectivity index (χ1) is 9.06. The minimum atomic E-state index is 0. The Morgan fingerprint density at radius 3 is 2.35 bits per heavy atom. The Balaban J connectivity index is 0.00000200. The SMILES string of the molecule is CC(C)NC(=O)CCCC(=O)N1C[C@H]2CNC[C@H]2C1.Cl. The monoisotopic (exact) mass is 303 g/mol. The van der Waals surface area contributed by atoms with Crippen molar-refractivity contribution in [2.75, 3.05) is 26.2 Å². The van der Waals surface area contributed by atoms with E-state index in [1.54, 1.807) is 0 Å². The van der Waals surface area contributed by atoms with Crippen molar-refractivity contribution in [1.29, 1.82) is 0 Å². The van der Waals surface area contributed by atoms with E-state index in [0.717, 1.165) is 26.2 Å². The van der Waals surface area contributed by atoms with Crippen LogP contribution in [0.4, 0.5) is 0 Å². The molecule has 2 atom stereocenters. The molecule has 5 nitrogen and oxygen atoms in total. The zero-order chi connectivity index (χ0) is 13.8. The molecule has 2 heterocycles. The van der Waals surface area contributed by atoms with Gasteiger partial charge in [-0.25, -0.2) is 0 Å². The van der Waals surface area contributed by atoms with Crippen LogP contribution in [0.25, 0.3) is 0 Å². The molecule has 2 fully saturated rings. The number of fused-ring (bicyclic) bond motifs is 1. The minimum Gasteiger partial charge on any atom is -0.354 e. The molecule has 0 unspecified atom stereocenters. The zero-order valence-electron chi connectivity index (χ0n) is 12.4. The van der Waals surface area contributed by atoms with Gasteiger partial charge in [0.05, 0.1) is 0 Å². The molecule has 2 aliphatic heterocycles.